The molecule has 0 aliphatic rings. The fourth-order valence-electron chi connectivity index (χ4n) is 1.36. The molecule has 3 nitrogen and oxygen atoms in total. The Labute approximate surface area is 109 Å². The van der Waals surface area contributed by atoms with E-state index in [4.69, 9.17) is 0 Å². The fourth-order valence-corrected chi connectivity index (χ4v) is 1.36. The Balaban J connectivity index is 0.00000256. The Kier molecular flexibility index (Phi) is 7.59. The van der Waals surface area contributed by atoms with Gasteiger partial charge < -0.3 is 10.6 Å². The molecule has 0 aliphatic carbocycles. The van der Waals surface area contributed by atoms with Crippen LogP contribution in [0.4, 0.5) is 5.69 Å². The number of carbonyl (C=O) groups is 1. The van der Waals surface area contributed by atoms with Crippen molar-refractivity contribution in [3.63, 3.8) is 0 Å². The summed E-state index contributed by atoms with van der Waals surface area (Å²) >= 11 is 0. The van der Waals surface area contributed by atoms with Crippen LogP contribution in [0.1, 0.15) is 25.8 Å². The van der Waals surface area contributed by atoms with E-state index < -0.39 is 0 Å². The number of amides is 1. The van der Waals surface area contributed by atoms with E-state index >= 15 is 0 Å². The molecule has 0 spiro atoms. The smallest absolute Gasteiger partial charge is 0.227 e. The third-order valence-corrected chi connectivity index (χ3v) is 2.66. The molecule has 1 unspecified atom stereocenters. The van der Waals surface area contributed by atoms with Gasteiger partial charge in [-0.05, 0) is 31.2 Å². The van der Waals surface area contributed by atoms with Gasteiger partial charge in [-0.15, -0.1) is 12.4 Å². The monoisotopic (exact) mass is 256 g/mol. The number of hydrogen-bond acceptors (Lipinski definition) is 2. The highest BCUT2D eigenvalue weighted by Crippen LogP contribution is 2.11. The molecule has 1 aromatic rings. The molecule has 0 bridgehead atoms. The summed E-state index contributed by atoms with van der Waals surface area (Å²) in [4.78, 5) is 11.6. The standard InChI is InChI=1S/C13H20N2O.ClH/c1-4-10(2)13(16)15-12-7-5-11(6-8-12)9-14-3;/h5-8,10,14H,4,9H2,1-3H3,(H,15,16);1H. The van der Waals surface area contributed by atoms with E-state index in [2.05, 4.69) is 10.6 Å². The van der Waals surface area contributed by atoms with Crippen LogP contribution in [0.2, 0.25) is 0 Å². The second-order valence-corrected chi connectivity index (χ2v) is 4.03. The summed E-state index contributed by atoms with van der Waals surface area (Å²) in [5, 5.41) is 5.99. The number of anilines is 1. The zero-order chi connectivity index (χ0) is 12.0. The average Bonchev–Trinajstić information content (AvgIpc) is 2.31. The summed E-state index contributed by atoms with van der Waals surface area (Å²) in [5.41, 5.74) is 2.08. The van der Waals surface area contributed by atoms with Gasteiger partial charge in [-0.3, -0.25) is 4.79 Å². The minimum absolute atomic E-state index is 0. The van der Waals surface area contributed by atoms with E-state index in [0.29, 0.717) is 0 Å². The van der Waals surface area contributed by atoms with Crippen LogP contribution in [0.5, 0.6) is 0 Å². The van der Waals surface area contributed by atoms with E-state index in [1.807, 2.05) is 45.2 Å². The molecule has 1 rings (SSSR count). The number of carbonyl (C=O) groups excluding carboxylic acids is 1. The van der Waals surface area contributed by atoms with Gasteiger partial charge in [0.25, 0.3) is 0 Å². The van der Waals surface area contributed by atoms with Crippen LogP contribution in [-0.2, 0) is 11.3 Å². The van der Waals surface area contributed by atoms with Gasteiger partial charge in [0.05, 0.1) is 0 Å². The highest BCUT2D eigenvalue weighted by atomic mass is 35.5. The van der Waals surface area contributed by atoms with Crippen LogP contribution < -0.4 is 10.6 Å². The van der Waals surface area contributed by atoms with Crippen molar-refractivity contribution in [3.8, 4) is 0 Å². The summed E-state index contributed by atoms with van der Waals surface area (Å²) in [6.07, 6.45) is 0.865. The average molecular weight is 257 g/mol. The van der Waals surface area contributed by atoms with E-state index in [-0.39, 0.29) is 24.2 Å². The van der Waals surface area contributed by atoms with Crippen molar-refractivity contribution < 1.29 is 4.79 Å². The zero-order valence-electron chi connectivity index (χ0n) is 10.6. The second kappa shape index (κ2) is 8.09. The zero-order valence-corrected chi connectivity index (χ0v) is 11.4. The highest BCUT2D eigenvalue weighted by molar-refractivity contribution is 5.92. The second-order valence-electron chi connectivity index (χ2n) is 4.03. The maximum absolute atomic E-state index is 11.6. The molecule has 0 saturated carbocycles. The van der Waals surface area contributed by atoms with E-state index in [1.54, 1.807) is 0 Å². The molecule has 0 aliphatic heterocycles. The molecule has 17 heavy (non-hydrogen) atoms. The van der Waals surface area contributed by atoms with Crippen molar-refractivity contribution in [2.24, 2.45) is 5.92 Å². The lowest BCUT2D eigenvalue weighted by Gasteiger charge is -2.10. The van der Waals surface area contributed by atoms with Crippen molar-refractivity contribution in [2.45, 2.75) is 26.8 Å². The van der Waals surface area contributed by atoms with Gasteiger partial charge in [-0.2, -0.15) is 0 Å². The van der Waals surface area contributed by atoms with E-state index in [9.17, 15) is 4.79 Å². The van der Waals surface area contributed by atoms with E-state index in [1.165, 1.54) is 5.56 Å². The van der Waals surface area contributed by atoms with Gasteiger partial charge in [0.1, 0.15) is 0 Å². The van der Waals surface area contributed by atoms with Gasteiger partial charge in [0, 0.05) is 18.2 Å². The Bertz CT molecular complexity index is 338. The largest absolute Gasteiger partial charge is 0.326 e. The van der Waals surface area contributed by atoms with Crippen molar-refractivity contribution >= 4 is 24.0 Å². The summed E-state index contributed by atoms with van der Waals surface area (Å²) in [5.74, 6) is 0.154. The highest BCUT2D eigenvalue weighted by Gasteiger charge is 2.09. The Hall–Kier alpha value is -1.06. The lowest BCUT2D eigenvalue weighted by atomic mass is 10.1. The van der Waals surface area contributed by atoms with Crippen LogP contribution in [0.15, 0.2) is 24.3 Å². The molecule has 0 heterocycles. The summed E-state index contributed by atoms with van der Waals surface area (Å²) in [6.45, 7) is 4.80. The Morgan fingerprint density at radius 1 is 1.29 bits per heavy atom. The molecule has 4 heteroatoms. The van der Waals surface area contributed by atoms with Crippen LogP contribution in [0.25, 0.3) is 0 Å². The van der Waals surface area contributed by atoms with Gasteiger partial charge in [-0.1, -0.05) is 26.0 Å². The van der Waals surface area contributed by atoms with E-state index in [0.717, 1.165) is 18.7 Å². The fraction of sp³-hybridized carbons (Fsp3) is 0.462. The van der Waals surface area contributed by atoms with Crippen LogP contribution in [0.3, 0.4) is 0 Å². The number of benzene rings is 1. The first kappa shape index (κ1) is 15.9. The molecular formula is C13H21ClN2O. The molecule has 0 aromatic heterocycles. The third-order valence-electron chi connectivity index (χ3n) is 2.66. The summed E-state index contributed by atoms with van der Waals surface area (Å²) < 4.78 is 0. The summed E-state index contributed by atoms with van der Waals surface area (Å²) in [7, 11) is 1.92. The first-order valence-electron chi connectivity index (χ1n) is 5.71. The topological polar surface area (TPSA) is 41.1 Å². The lowest BCUT2D eigenvalue weighted by molar-refractivity contribution is -0.119. The van der Waals surface area contributed by atoms with Crippen LogP contribution >= 0.6 is 12.4 Å². The summed E-state index contributed by atoms with van der Waals surface area (Å²) in [6, 6.07) is 7.91. The number of rotatable bonds is 5. The first-order chi connectivity index (χ1) is 7.67. The minimum atomic E-state index is 0. The van der Waals surface area contributed by atoms with Gasteiger partial charge >= 0.3 is 0 Å². The molecule has 1 amide bonds. The van der Waals surface area contributed by atoms with Crippen molar-refractivity contribution in [1.82, 2.24) is 5.32 Å². The molecule has 96 valence electrons. The maximum Gasteiger partial charge on any atom is 0.227 e. The van der Waals surface area contributed by atoms with Crippen molar-refractivity contribution in [2.75, 3.05) is 12.4 Å². The number of hydrogen-bond donors (Lipinski definition) is 2. The maximum atomic E-state index is 11.6. The minimum Gasteiger partial charge on any atom is -0.326 e. The normalized spacial score (nSPS) is 11.5. The van der Waals surface area contributed by atoms with Crippen LogP contribution in [-0.4, -0.2) is 13.0 Å². The van der Waals surface area contributed by atoms with Crippen molar-refractivity contribution in [1.29, 1.82) is 0 Å². The third kappa shape index (κ3) is 5.20. The van der Waals surface area contributed by atoms with Crippen molar-refractivity contribution in [3.05, 3.63) is 29.8 Å². The molecule has 0 radical (unpaired) electrons. The van der Waals surface area contributed by atoms with Gasteiger partial charge in [-0.25, -0.2) is 0 Å². The van der Waals surface area contributed by atoms with Crippen LogP contribution in [0, 0.1) is 5.92 Å². The Morgan fingerprint density at radius 2 is 1.88 bits per heavy atom. The molecule has 1 atom stereocenters. The predicted molar refractivity (Wildman–Crippen MR) is 74.5 cm³/mol. The predicted octanol–water partition coefficient (Wildman–Crippen LogP) is 2.81. The first-order valence-corrected chi connectivity index (χ1v) is 5.71. The SMILES string of the molecule is CCC(C)C(=O)Nc1ccc(CNC)cc1.Cl. The molecule has 1 aromatic carbocycles. The quantitative estimate of drug-likeness (QED) is 0.851. The van der Waals surface area contributed by atoms with Gasteiger partial charge in [0.15, 0.2) is 0 Å². The number of nitrogens with one attached hydrogen (secondary N) is 2. The van der Waals surface area contributed by atoms with Gasteiger partial charge in [0.2, 0.25) is 5.91 Å². The molecule has 0 fully saturated rings. The lowest BCUT2D eigenvalue weighted by Crippen LogP contribution is -2.19. The Morgan fingerprint density at radius 3 is 2.35 bits per heavy atom. The number of halogens is 1. The molecule has 0 saturated heterocycles. The molecular weight excluding hydrogens is 236 g/mol. The molecule has 2 N–H and O–H groups in total.